The fourth-order valence-corrected chi connectivity index (χ4v) is 3.06. The summed E-state index contributed by atoms with van der Waals surface area (Å²) in [5.41, 5.74) is 0.963. The number of thiophene rings is 1. The molecule has 1 aromatic heterocycles. The normalized spacial score (nSPS) is 12.6. The van der Waals surface area contributed by atoms with Gasteiger partial charge in [-0.2, -0.15) is 0 Å². The summed E-state index contributed by atoms with van der Waals surface area (Å²) in [5, 5.41) is 3.63. The molecule has 1 unspecified atom stereocenters. The maximum Gasteiger partial charge on any atom is 0.141 e. The average molecular weight is 298 g/mol. The number of rotatable bonds is 5. The van der Waals surface area contributed by atoms with Gasteiger partial charge in [-0.25, -0.2) is 4.39 Å². The smallest absolute Gasteiger partial charge is 0.141 e. The minimum absolute atomic E-state index is 0.171. The molecule has 1 heterocycles. The number of hydrogen-bond donors (Lipinski definition) is 1. The minimum atomic E-state index is -0.375. The first-order valence-corrected chi connectivity index (χ1v) is 7.59. The van der Waals surface area contributed by atoms with E-state index >= 15 is 0 Å². The van der Waals surface area contributed by atoms with E-state index in [1.807, 2.05) is 0 Å². The average Bonchev–Trinajstić information content (AvgIpc) is 2.89. The molecule has 2 aromatic rings. The van der Waals surface area contributed by atoms with Crippen LogP contribution in [-0.2, 0) is 0 Å². The summed E-state index contributed by atoms with van der Waals surface area (Å²) in [5.74, 6) is -0.375. The Hall–Kier alpha value is -0.900. The molecule has 0 saturated heterocycles. The number of nitrogens with one attached hydrogen (secondary N) is 1. The molecule has 0 radical (unpaired) electrons. The second-order valence-corrected chi connectivity index (χ2v) is 6.03. The summed E-state index contributed by atoms with van der Waals surface area (Å²) in [6, 6.07) is 9.38. The van der Waals surface area contributed by atoms with E-state index < -0.39 is 0 Å². The molecule has 0 aliphatic rings. The molecule has 1 atom stereocenters. The second kappa shape index (κ2) is 6.51. The van der Waals surface area contributed by atoms with Gasteiger partial charge in [0, 0.05) is 15.8 Å². The summed E-state index contributed by atoms with van der Waals surface area (Å²) in [6.07, 6.45) is 1.12. The van der Waals surface area contributed by atoms with Crippen LogP contribution in [-0.4, -0.2) is 6.54 Å². The number of hydrogen-bond acceptors (Lipinski definition) is 2. The van der Waals surface area contributed by atoms with E-state index in [-0.39, 0.29) is 10.8 Å². The Morgan fingerprint density at radius 2 is 2.11 bits per heavy atom. The van der Waals surface area contributed by atoms with Crippen LogP contribution in [0.5, 0.6) is 0 Å². The van der Waals surface area contributed by atoms with Crippen molar-refractivity contribution in [3.8, 4) is 10.4 Å². The van der Waals surface area contributed by atoms with E-state index in [2.05, 4.69) is 31.3 Å². The molecule has 0 spiro atoms. The summed E-state index contributed by atoms with van der Waals surface area (Å²) in [6.45, 7) is 5.32. The van der Waals surface area contributed by atoms with E-state index in [9.17, 15) is 4.39 Å². The van der Waals surface area contributed by atoms with Crippen molar-refractivity contribution in [3.63, 3.8) is 0 Å². The topological polar surface area (TPSA) is 12.0 Å². The summed E-state index contributed by atoms with van der Waals surface area (Å²) >= 11 is 7.53. The Bertz CT molecular complexity index is 553. The summed E-state index contributed by atoms with van der Waals surface area (Å²) < 4.78 is 13.1. The van der Waals surface area contributed by atoms with Crippen LogP contribution >= 0.6 is 22.9 Å². The molecule has 0 amide bonds. The highest BCUT2D eigenvalue weighted by Crippen LogP contribution is 2.33. The van der Waals surface area contributed by atoms with Crippen LogP contribution in [0.15, 0.2) is 30.3 Å². The van der Waals surface area contributed by atoms with Gasteiger partial charge in [-0.3, -0.25) is 0 Å². The molecule has 0 bridgehead atoms. The quantitative estimate of drug-likeness (QED) is 0.793. The van der Waals surface area contributed by atoms with Gasteiger partial charge >= 0.3 is 0 Å². The first-order chi connectivity index (χ1) is 9.11. The Morgan fingerprint density at radius 1 is 1.32 bits per heavy atom. The van der Waals surface area contributed by atoms with Crippen LogP contribution < -0.4 is 5.32 Å². The fraction of sp³-hybridized carbons (Fsp3) is 0.333. The third kappa shape index (κ3) is 3.56. The molecular formula is C15H17ClFNS. The SMILES string of the molecule is CCCNC(C)c1ccc(-c2ccc(F)c(Cl)c2)s1. The fourth-order valence-electron chi connectivity index (χ4n) is 1.85. The standard InChI is InChI=1S/C15H17ClFNS/c1-3-8-18-10(2)14-6-7-15(19-14)11-4-5-13(17)12(16)9-11/h4-7,9-10,18H,3,8H2,1-2H3. The highest BCUT2D eigenvalue weighted by molar-refractivity contribution is 7.15. The monoisotopic (exact) mass is 297 g/mol. The first-order valence-electron chi connectivity index (χ1n) is 6.40. The van der Waals surface area contributed by atoms with Gasteiger partial charge < -0.3 is 5.32 Å². The van der Waals surface area contributed by atoms with Crippen LogP contribution in [0.3, 0.4) is 0 Å². The van der Waals surface area contributed by atoms with E-state index in [4.69, 9.17) is 11.6 Å². The molecule has 0 aliphatic carbocycles. The lowest BCUT2D eigenvalue weighted by molar-refractivity contribution is 0.578. The van der Waals surface area contributed by atoms with Crippen molar-refractivity contribution in [1.29, 1.82) is 0 Å². The zero-order valence-corrected chi connectivity index (χ0v) is 12.6. The second-order valence-electron chi connectivity index (χ2n) is 4.51. The molecule has 1 nitrogen and oxygen atoms in total. The van der Waals surface area contributed by atoms with Crippen molar-refractivity contribution in [2.45, 2.75) is 26.3 Å². The molecule has 19 heavy (non-hydrogen) atoms. The maximum absolute atomic E-state index is 13.1. The van der Waals surface area contributed by atoms with Gasteiger partial charge in [0.15, 0.2) is 0 Å². The molecule has 1 aromatic carbocycles. The third-order valence-electron chi connectivity index (χ3n) is 2.96. The zero-order chi connectivity index (χ0) is 13.8. The van der Waals surface area contributed by atoms with Gasteiger partial charge in [0.1, 0.15) is 5.82 Å². The Morgan fingerprint density at radius 3 is 2.79 bits per heavy atom. The van der Waals surface area contributed by atoms with Crippen LogP contribution in [0.1, 0.15) is 31.2 Å². The highest BCUT2D eigenvalue weighted by atomic mass is 35.5. The molecular weight excluding hydrogens is 281 g/mol. The van der Waals surface area contributed by atoms with Crippen molar-refractivity contribution >= 4 is 22.9 Å². The first kappa shape index (κ1) is 14.5. The predicted octanol–water partition coefficient (Wildman–Crippen LogP) is 5.27. The van der Waals surface area contributed by atoms with Crippen LogP contribution in [0.4, 0.5) is 4.39 Å². The largest absolute Gasteiger partial charge is 0.309 e. The van der Waals surface area contributed by atoms with Crippen molar-refractivity contribution < 1.29 is 4.39 Å². The molecule has 4 heteroatoms. The lowest BCUT2D eigenvalue weighted by atomic mass is 10.2. The third-order valence-corrected chi connectivity index (χ3v) is 4.56. The van der Waals surface area contributed by atoms with Gasteiger partial charge in [0.25, 0.3) is 0 Å². The van der Waals surface area contributed by atoms with E-state index in [1.54, 1.807) is 23.5 Å². The Balaban J connectivity index is 2.18. The van der Waals surface area contributed by atoms with Crippen molar-refractivity contribution in [2.24, 2.45) is 0 Å². The predicted molar refractivity (Wildman–Crippen MR) is 81.4 cm³/mol. The van der Waals surface area contributed by atoms with Crippen LogP contribution in [0, 0.1) is 5.82 Å². The number of halogens is 2. The molecule has 102 valence electrons. The molecule has 0 saturated carbocycles. The van der Waals surface area contributed by atoms with E-state index in [0.29, 0.717) is 6.04 Å². The van der Waals surface area contributed by atoms with Gasteiger partial charge in [-0.15, -0.1) is 11.3 Å². The molecule has 1 N–H and O–H groups in total. The van der Waals surface area contributed by atoms with E-state index in [0.717, 1.165) is 23.4 Å². The van der Waals surface area contributed by atoms with Crippen molar-refractivity contribution in [1.82, 2.24) is 5.32 Å². The molecule has 0 fully saturated rings. The van der Waals surface area contributed by atoms with Crippen LogP contribution in [0.2, 0.25) is 5.02 Å². The van der Waals surface area contributed by atoms with Crippen molar-refractivity contribution in [3.05, 3.63) is 46.0 Å². The lowest BCUT2D eigenvalue weighted by Gasteiger charge is -2.10. The molecule has 2 rings (SSSR count). The maximum atomic E-state index is 13.1. The van der Waals surface area contributed by atoms with Gasteiger partial charge in [-0.05, 0) is 49.7 Å². The van der Waals surface area contributed by atoms with Crippen molar-refractivity contribution in [2.75, 3.05) is 6.54 Å². The Kier molecular flexibility index (Phi) is 4.97. The lowest BCUT2D eigenvalue weighted by Crippen LogP contribution is -2.18. The van der Waals surface area contributed by atoms with Gasteiger partial charge in [0.05, 0.1) is 5.02 Å². The van der Waals surface area contributed by atoms with Crippen LogP contribution in [0.25, 0.3) is 10.4 Å². The molecule has 0 aliphatic heterocycles. The summed E-state index contributed by atoms with van der Waals surface area (Å²) in [4.78, 5) is 2.39. The Labute approximate surface area is 122 Å². The van der Waals surface area contributed by atoms with E-state index in [1.165, 1.54) is 10.9 Å². The van der Waals surface area contributed by atoms with Gasteiger partial charge in [-0.1, -0.05) is 24.6 Å². The summed E-state index contributed by atoms with van der Waals surface area (Å²) in [7, 11) is 0. The number of benzene rings is 1. The highest BCUT2D eigenvalue weighted by Gasteiger charge is 2.10. The van der Waals surface area contributed by atoms with Gasteiger partial charge in [0.2, 0.25) is 0 Å². The zero-order valence-electron chi connectivity index (χ0n) is 11.0. The minimum Gasteiger partial charge on any atom is -0.309 e.